The Bertz CT molecular complexity index is 422. The number of hydrogen-bond donors (Lipinski definition) is 0. The molecule has 2 heteroatoms. The van der Waals surface area contributed by atoms with Crippen LogP contribution >= 0.6 is 0 Å². The SMILES string of the molecule is C#Cc1ccc2n[c]oc2c1. The monoisotopic (exact) mass is 142 g/mol. The average Bonchev–Trinajstić information content (AvgIpc) is 2.50. The summed E-state index contributed by atoms with van der Waals surface area (Å²) in [7, 11) is 0. The highest BCUT2D eigenvalue weighted by atomic mass is 16.3. The molecule has 0 amide bonds. The third kappa shape index (κ3) is 0.870. The third-order valence-corrected chi connectivity index (χ3v) is 1.45. The topological polar surface area (TPSA) is 26.0 Å². The van der Waals surface area contributed by atoms with Crippen LogP contribution in [0.3, 0.4) is 0 Å². The van der Waals surface area contributed by atoms with Crippen LogP contribution in [-0.4, -0.2) is 4.98 Å². The highest BCUT2D eigenvalue weighted by molar-refractivity contribution is 5.73. The van der Waals surface area contributed by atoms with Crippen molar-refractivity contribution in [2.24, 2.45) is 0 Å². The van der Waals surface area contributed by atoms with Crippen molar-refractivity contribution in [2.45, 2.75) is 0 Å². The van der Waals surface area contributed by atoms with Crippen LogP contribution in [0.2, 0.25) is 0 Å². The first kappa shape index (κ1) is 5.99. The van der Waals surface area contributed by atoms with Gasteiger partial charge in [0.25, 0.3) is 6.39 Å². The van der Waals surface area contributed by atoms with Crippen molar-refractivity contribution in [3.05, 3.63) is 30.2 Å². The van der Waals surface area contributed by atoms with Gasteiger partial charge in [0, 0.05) is 5.56 Å². The van der Waals surface area contributed by atoms with Gasteiger partial charge in [0.1, 0.15) is 5.52 Å². The van der Waals surface area contributed by atoms with Crippen LogP contribution in [0.5, 0.6) is 0 Å². The lowest BCUT2D eigenvalue weighted by Crippen LogP contribution is -1.72. The van der Waals surface area contributed by atoms with Gasteiger partial charge in [0.2, 0.25) is 0 Å². The predicted molar refractivity (Wildman–Crippen MR) is 40.8 cm³/mol. The highest BCUT2D eigenvalue weighted by Gasteiger charge is 1.97. The average molecular weight is 142 g/mol. The molecule has 51 valence electrons. The standard InChI is InChI=1S/C9H4NO/c1-2-7-3-4-8-9(5-7)11-6-10-8/h1,3-5H. The van der Waals surface area contributed by atoms with Gasteiger partial charge in [-0.05, 0) is 18.2 Å². The molecular weight excluding hydrogens is 138 g/mol. The molecule has 1 radical (unpaired) electrons. The van der Waals surface area contributed by atoms with Gasteiger partial charge in [-0.3, -0.25) is 0 Å². The van der Waals surface area contributed by atoms with Gasteiger partial charge in [-0.15, -0.1) is 6.42 Å². The van der Waals surface area contributed by atoms with Crippen molar-refractivity contribution in [3.63, 3.8) is 0 Å². The lowest BCUT2D eigenvalue weighted by molar-refractivity contribution is 0.591. The fraction of sp³-hybridized carbons (Fsp3) is 0. The van der Waals surface area contributed by atoms with E-state index in [0.29, 0.717) is 5.58 Å². The Balaban J connectivity index is 2.79. The zero-order chi connectivity index (χ0) is 7.68. The molecular formula is C9H4NO. The number of benzene rings is 1. The molecule has 0 aliphatic rings. The Labute approximate surface area is 63.9 Å². The molecule has 0 aliphatic carbocycles. The Morgan fingerprint density at radius 1 is 1.55 bits per heavy atom. The van der Waals surface area contributed by atoms with E-state index in [9.17, 15) is 0 Å². The van der Waals surface area contributed by atoms with Crippen molar-refractivity contribution in [1.29, 1.82) is 0 Å². The van der Waals surface area contributed by atoms with E-state index in [1.165, 1.54) is 0 Å². The van der Waals surface area contributed by atoms with Crippen LogP contribution in [0.15, 0.2) is 22.6 Å². The molecule has 0 atom stereocenters. The molecule has 0 bridgehead atoms. The smallest absolute Gasteiger partial charge is 0.284 e. The Hall–Kier alpha value is -1.75. The summed E-state index contributed by atoms with van der Waals surface area (Å²) in [6, 6.07) is 5.39. The summed E-state index contributed by atoms with van der Waals surface area (Å²) < 4.78 is 4.93. The van der Waals surface area contributed by atoms with Crippen LogP contribution in [-0.2, 0) is 0 Å². The second-order valence-corrected chi connectivity index (χ2v) is 2.13. The summed E-state index contributed by atoms with van der Waals surface area (Å²) in [5.41, 5.74) is 2.26. The van der Waals surface area contributed by atoms with Gasteiger partial charge in [0.15, 0.2) is 5.58 Å². The summed E-state index contributed by atoms with van der Waals surface area (Å²) in [6.07, 6.45) is 7.58. The van der Waals surface area contributed by atoms with Crippen LogP contribution in [0.1, 0.15) is 5.56 Å². The van der Waals surface area contributed by atoms with Crippen LogP contribution in [0, 0.1) is 18.7 Å². The molecule has 0 fully saturated rings. The largest absolute Gasteiger partial charge is 0.432 e. The van der Waals surface area contributed by atoms with Crippen molar-refractivity contribution >= 4 is 11.1 Å². The molecule has 0 saturated heterocycles. The Kier molecular flexibility index (Phi) is 1.16. The lowest BCUT2D eigenvalue weighted by Gasteiger charge is -1.87. The first-order valence-corrected chi connectivity index (χ1v) is 3.13. The molecule has 0 aliphatic heterocycles. The van der Waals surface area contributed by atoms with Crippen molar-refractivity contribution in [1.82, 2.24) is 4.98 Å². The molecule has 1 heterocycles. The van der Waals surface area contributed by atoms with Gasteiger partial charge >= 0.3 is 0 Å². The van der Waals surface area contributed by atoms with Gasteiger partial charge < -0.3 is 4.42 Å². The first-order valence-electron chi connectivity index (χ1n) is 3.13. The molecule has 2 aromatic rings. The minimum atomic E-state index is 0.681. The minimum Gasteiger partial charge on any atom is -0.432 e. The fourth-order valence-corrected chi connectivity index (χ4v) is 0.899. The number of oxazole rings is 1. The molecule has 0 unspecified atom stereocenters. The Morgan fingerprint density at radius 3 is 3.27 bits per heavy atom. The first-order chi connectivity index (χ1) is 5.40. The normalized spacial score (nSPS) is 9.73. The number of aromatic nitrogens is 1. The van der Waals surface area contributed by atoms with Gasteiger partial charge in [-0.1, -0.05) is 5.92 Å². The molecule has 0 saturated carbocycles. The van der Waals surface area contributed by atoms with Crippen LogP contribution in [0.25, 0.3) is 11.1 Å². The maximum absolute atomic E-state index is 5.19. The van der Waals surface area contributed by atoms with E-state index in [1.54, 1.807) is 6.07 Å². The van der Waals surface area contributed by atoms with E-state index in [0.717, 1.165) is 11.1 Å². The van der Waals surface area contributed by atoms with E-state index < -0.39 is 0 Å². The predicted octanol–water partition coefficient (Wildman–Crippen LogP) is 1.61. The molecule has 0 spiro atoms. The molecule has 2 rings (SSSR count). The van der Waals surface area contributed by atoms with Gasteiger partial charge in [-0.2, -0.15) is 0 Å². The van der Waals surface area contributed by atoms with Gasteiger partial charge in [-0.25, -0.2) is 4.98 Å². The highest BCUT2D eigenvalue weighted by Crippen LogP contribution is 2.12. The number of hydrogen-bond acceptors (Lipinski definition) is 2. The lowest BCUT2D eigenvalue weighted by atomic mass is 10.2. The molecule has 2 nitrogen and oxygen atoms in total. The van der Waals surface area contributed by atoms with Crippen LogP contribution in [0.4, 0.5) is 0 Å². The summed E-state index contributed by atoms with van der Waals surface area (Å²) in [4.78, 5) is 3.83. The van der Waals surface area contributed by atoms with Crippen molar-refractivity contribution in [3.8, 4) is 12.3 Å². The second-order valence-electron chi connectivity index (χ2n) is 2.13. The number of terminal acetylenes is 1. The third-order valence-electron chi connectivity index (χ3n) is 1.45. The summed E-state index contributed by atoms with van der Waals surface area (Å²) >= 11 is 0. The van der Waals surface area contributed by atoms with E-state index in [4.69, 9.17) is 10.8 Å². The second kappa shape index (κ2) is 2.14. The number of fused-ring (bicyclic) bond motifs is 1. The maximum Gasteiger partial charge on any atom is 0.284 e. The zero-order valence-electron chi connectivity index (χ0n) is 5.66. The number of nitrogens with zero attached hydrogens (tertiary/aromatic N) is 1. The molecule has 0 N–H and O–H groups in total. The van der Waals surface area contributed by atoms with Crippen molar-refractivity contribution in [2.75, 3.05) is 0 Å². The van der Waals surface area contributed by atoms with E-state index in [1.807, 2.05) is 12.1 Å². The quantitative estimate of drug-likeness (QED) is 0.522. The molecule has 1 aromatic heterocycles. The zero-order valence-corrected chi connectivity index (χ0v) is 5.66. The molecule has 11 heavy (non-hydrogen) atoms. The fourth-order valence-electron chi connectivity index (χ4n) is 0.899. The van der Waals surface area contributed by atoms with Gasteiger partial charge in [0.05, 0.1) is 0 Å². The van der Waals surface area contributed by atoms with E-state index >= 15 is 0 Å². The van der Waals surface area contributed by atoms with E-state index in [2.05, 4.69) is 17.3 Å². The number of rotatable bonds is 0. The Morgan fingerprint density at radius 2 is 2.45 bits per heavy atom. The van der Waals surface area contributed by atoms with Crippen LogP contribution < -0.4 is 0 Å². The summed E-state index contributed by atoms with van der Waals surface area (Å²) in [6.45, 7) is 0. The maximum atomic E-state index is 5.19. The van der Waals surface area contributed by atoms with E-state index in [-0.39, 0.29) is 0 Å². The minimum absolute atomic E-state index is 0.681. The van der Waals surface area contributed by atoms with Crippen molar-refractivity contribution < 1.29 is 4.42 Å². The summed E-state index contributed by atoms with van der Waals surface area (Å²) in [5, 5.41) is 0. The molecule has 1 aromatic carbocycles. The summed E-state index contributed by atoms with van der Waals surface area (Å²) in [5.74, 6) is 2.51.